The van der Waals surface area contributed by atoms with Gasteiger partial charge in [-0.2, -0.15) is 0 Å². The number of hydrogen-bond acceptors (Lipinski definition) is 4. The first-order valence-electron chi connectivity index (χ1n) is 9.78. The fourth-order valence-electron chi connectivity index (χ4n) is 4.08. The van der Waals surface area contributed by atoms with E-state index in [-0.39, 0.29) is 17.9 Å². The molecule has 2 aliphatic heterocycles. The highest BCUT2D eigenvalue weighted by atomic mass is 16.5. The highest BCUT2D eigenvalue weighted by Gasteiger charge is 2.30. The van der Waals surface area contributed by atoms with Gasteiger partial charge in [-0.15, -0.1) is 0 Å². The first-order chi connectivity index (χ1) is 12.9. The molecule has 0 radical (unpaired) electrons. The van der Waals surface area contributed by atoms with Crippen LogP contribution in [0.4, 0.5) is 0 Å². The first kappa shape index (κ1) is 19.7. The molecular formula is C21H30N2O4. The van der Waals surface area contributed by atoms with E-state index in [0.29, 0.717) is 32.8 Å². The molecule has 6 heteroatoms. The van der Waals surface area contributed by atoms with Gasteiger partial charge in [0.2, 0.25) is 0 Å². The third kappa shape index (κ3) is 3.95. The average molecular weight is 374 g/mol. The fraction of sp³-hybridized carbons (Fsp3) is 0.619. The van der Waals surface area contributed by atoms with Gasteiger partial charge in [0.25, 0.3) is 11.8 Å². The summed E-state index contributed by atoms with van der Waals surface area (Å²) < 4.78 is 11.0. The van der Waals surface area contributed by atoms with E-state index in [9.17, 15) is 9.59 Å². The van der Waals surface area contributed by atoms with E-state index in [0.717, 1.165) is 47.3 Å². The van der Waals surface area contributed by atoms with Crippen molar-refractivity contribution in [3.63, 3.8) is 0 Å². The van der Waals surface area contributed by atoms with Crippen molar-refractivity contribution in [2.75, 3.05) is 39.9 Å². The minimum atomic E-state index is -0.290. The number of carbonyl (C=O) groups excluding carboxylic acids is 2. The molecule has 3 rings (SSSR count). The molecule has 6 nitrogen and oxygen atoms in total. The molecule has 2 fully saturated rings. The third-order valence-electron chi connectivity index (χ3n) is 5.76. The number of ether oxygens (including phenoxy) is 2. The molecule has 2 heterocycles. The molecule has 0 saturated carbocycles. The summed E-state index contributed by atoms with van der Waals surface area (Å²) in [5.74, 6) is 0.954. The van der Waals surface area contributed by atoms with E-state index in [1.165, 1.54) is 0 Å². The molecule has 1 unspecified atom stereocenters. The quantitative estimate of drug-likeness (QED) is 0.816. The minimum Gasteiger partial charge on any atom is -0.496 e. The Balaban J connectivity index is 1.72. The second-order valence-corrected chi connectivity index (χ2v) is 7.50. The van der Waals surface area contributed by atoms with Gasteiger partial charge in [0.15, 0.2) is 0 Å². The third-order valence-corrected chi connectivity index (χ3v) is 5.76. The van der Waals surface area contributed by atoms with Gasteiger partial charge < -0.3 is 19.3 Å². The first-order valence-corrected chi connectivity index (χ1v) is 9.78. The van der Waals surface area contributed by atoms with Crippen molar-refractivity contribution in [2.45, 2.75) is 46.1 Å². The lowest BCUT2D eigenvalue weighted by Crippen LogP contribution is -2.42. The Bertz CT molecular complexity index is 725. The molecule has 1 aromatic carbocycles. The number of methoxy groups -OCH3 is 1. The largest absolute Gasteiger partial charge is 0.496 e. The number of aryl methyl sites for hydroxylation is 1. The Morgan fingerprint density at radius 2 is 1.74 bits per heavy atom. The normalized spacial score (nSPS) is 20.5. The van der Waals surface area contributed by atoms with E-state index in [2.05, 4.69) is 0 Å². The number of amides is 2. The van der Waals surface area contributed by atoms with Crippen molar-refractivity contribution in [1.82, 2.24) is 9.80 Å². The van der Waals surface area contributed by atoms with Crippen LogP contribution in [0, 0.1) is 20.8 Å². The molecule has 1 atom stereocenters. The predicted octanol–water partition coefficient (Wildman–Crippen LogP) is 2.47. The van der Waals surface area contributed by atoms with E-state index >= 15 is 0 Å². The number of benzene rings is 1. The van der Waals surface area contributed by atoms with E-state index in [1.54, 1.807) is 7.11 Å². The molecule has 0 aliphatic carbocycles. The SMILES string of the molecule is COc1c(C)cc(C(=O)N2CCCN(C(=O)C3CCCO3)CC2)c(C)c1C. The van der Waals surface area contributed by atoms with Gasteiger partial charge in [-0.3, -0.25) is 9.59 Å². The van der Waals surface area contributed by atoms with Gasteiger partial charge >= 0.3 is 0 Å². The van der Waals surface area contributed by atoms with Gasteiger partial charge in [0.1, 0.15) is 11.9 Å². The maximum atomic E-state index is 13.2. The van der Waals surface area contributed by atoms with E-state index < -0.39 is 0 Å². The van der Waals surface area contributed by atoms with Crippen molar-refractivity contribution in [3.05, 3.63) is 28.3 Å². The topological polar surface area (TPSA) is 59.1 Å². The average Bonchev–Trinajstić information content (AvgIpc) is 3.08. The Morgan fingerprint density at radius 3 is 2.41 bits per heavy atom. The monoisotopic (exact) mass is 374 g/mol. The summed E-state index contributed by atoms with van der Waals surface area (Å²) in [7, 11) is 1.66. The molecule has 0 aromatic heterocycles. The van der Waals surface area contributed by atoms with E-state index in [1.807, 2.05) is 36.6 Å². The van der Waals surface area contributed by atoms with E-state index in [4.69, 9.17) is 9.47 Å². The Kier molecular flexibility index (Phi) is 6.05. The van der Waals surface area contributed by atoms with Gasteiger partial charge in [-0.1, -0.05) is 0 Å². The summed E-state index contributed by atoms with van der Waals surface area (Å²) in [4.78, 5) is 29.5. The van der Waals surface area contributed by atoms with Crippen LogP contribution in [0.3, 0.4) is 0 Å². The summed E-state index contributed by atoms with van der Waals surface area (Å²) in [5.41, 5.74) is 3.66. The van der Waals surface area contributed by atoms with Crippen LogP contribution in [-0.4, -0.2) is 67.6 Å². The maximum Gasteiger partial charge on any atom is 0.254 e. The minimum absolute atomic E-state index is 0.0350. The highest BCUT2D eigenvalue weighted by molar-refractivity contribution is 5.96. The molecule has 1 aromatic rings. The summed E-state index contributed by atoms with van der Waals surface area (Å²) in [6, 6.07) is 1.92. The van der Waals surface area contributed by atoms with Gasteiger partial charge in [0, 0.05) is 38.3 Å². The summed E-state index contributed by atoms with van der Waals surface area (Å²) in [6.07, 6.45) is 2.25. The number of hydrogen-bond donors (Lipinski definition) is 0. The van der Waals surface area contributed by atoms with Crippen LogP contribution in [0.25, 0.3) is 0 Å². The van der Waals surface area contributed by atoms with Gasteiger partial charge in [-0.25, -0.2) is 0 Å². The van der Waals surface area contributed by atoms with Crippen LogP contribution in [-0.2, 0) is 9.53 Å². The van der Waals surface area contributed by atoms with Gasteiger partial charge in [0.05, 0.1) is 7.11 Å². The van der Waals surface area contributed by atoms with Crippen molar-refractivity contribution >= 4 is 11.8 Å². The Labute approximate surface area is 161 Å². The van der Waals surface area contributed by atoms with Crippen LogP contribution >= 0.6 is 0 Å². The summed E-state index contributed by atoms with van der Waals surface area (Å²) in [5, 5.41) is 0. The number of nitrogens with zero attached hydrogens (tertiary/aromatic N) is 2. The molecule has 0 N–H and O–H groups in total. The van der Waals surface area contributed by atoms with Crippen LogP contribution in [0.15, 0.2) is 6.07 Å². The molecule has 27 heavy (non-hydrogen) atoms. The smallest absolute Gasteiger partial charge is 0.254 e. The molecule has 2 saturated heterocycles. The Morgan fingerprint density at radius 1 is 1.04 bits per heavy atom. The van der Waals surface area contributed by atoms with Crippen LogP contribution in [0.1, 0.15) is 46.3 Å². The zero-order valence-corrected chi connectivity index (χ0v) is 16.8. The molecule has 2 amide bonds. The second kappa shape index (κ2) is 8.30. The highest BCUT2D eigenvalue weighted by Crippen LogP contribution is 2.29. The molecule has 148 valence electrons. The number of carbonyl (C=O) groups is 2. The van der Waals surface area contributed by atoms with Crippen molar-refractivity contribution in [2.24, 2.45) is 0 Å². The Hall–Kier alpha value is -2.08. The molecular weight excluding hydrogens is 344 g/mol. The second-order valence-electron chi connectivity index (χ2n) is 7.50. The maximum absolute atomic E-state index is 13.2. The zero-order chi connectivity index (χ0) is 19.6. The van der Waals surface area contributed by atoms with Crippen LogP contribution in [0.5, 0.6) is 5.75 Å². The van der Waals surface area contributed by atoms with Crippen molar-refractivity contribution < 1.29 is 19.1 Å². The summed E-state index contributed by atoms with van der Waals surface area (Å²) in [6.45, 7) is 9.06. The standard InChI is InChI=1S/C21H30N2O4/c1-14-13-17(15(2)16(3)19(14)26-4)20(24)22-8-6-9-23(11-10-22)21(25)18-7-5-12-27-18/h13,18H,5-12H2,1-4H3. The lowest BCUT2D eigenvalue weighted by Gasteiger charge is -2.25. The zero-order valence-electron chi connectivity index (χ0n) is 16.8. The predicted molar refractivity (Wildman–Crippen MR) is 103 cm³/mol. The number of rotatable bonds is 3. The van der Waals surface area contributed by atoms with Crippen molar-refractivity contribution in [1.29, 1.82) is 0 Å². The summed E-state index contributed by atoms with van der Waals surface area (Å²) >= 11 is 0. The van der Waals surface area contributed by atoms with Crippen LogP contribution < -0.4 is 4.74 Å². The fourth-order valence-corrected chi connectivity index (χ4v) is 4.08. The lowest BCUT2D eigenvalue weighted by atomic mass is 9.97. The van der Waals surface area contributed by atoms with Crippen LogP contribution in [0.2, 0.25) is 0 Å². The van der Waals surface area contributed by atoms with Crippen molar-refractivity contribution in [3.8, 4) is 5.75 Å². The van der Waals surface area contributed by atoms with Gasteiger partial charge in [-0.05, 0) is 62.8 Å². The molecule has 0 bridgehead atoms. The molecule has 2 aliphatic rings. The lowest BCUT2D eigenvalue weighted by molar-refractivity contribution is -0.140. The molecule has 0 spiro atoms.